The minimum atomic E-state index is -0.00729. The number of amides is 1. The third-order valence-electron chi connectivity index (χ3n) is 7.20. The maximum atomic E-state index is 12.9. The molecule has 160 valence electrons. The fourth-order valence-electron chi connectivity index (χ4n) is 5.40. The first-order chi connectivity index (χ1) is 15.1. The van der Waals surface area contributed by atoms with Crippen molar-refractivity contribution in [1.82, 2.24) is 34.4 Å². The number of carbonyl (C=O) groups excluding carboxylic acids is 1. The van der Waals surface area contributed by atoms with Crippen LogP contribution in [0.4, 0.5) is 5.82 Å². The van der Waals surface area contributed by atoms with Crippen molar-refractivity contribution in [3.8, 4) is 11.4 Å². The standard InChI is InChI=1S/C22H26N8O/c1-3-30-19(15-9-23-13(2)24-10-15)28-17-18(25-12-26-20(17)30)27-16-4-5-29(11-16)21(31)22-6-14(7-22)8-22/h9-10,12,14,16H,3-8,11H2,1-2H3,(H,25,26,27). The molecule has 1 N–H and O–H groups in total. The van der Waals surface area contributed by atoms with E-state index >= 15 is 0 Å². The van der Waals surface area contributed by atoms with Crippen molar-refractivity contribution < 1.29 is 4.79 Å². The SMILES string of the molecule is CCn1c(-c2cnc(C)nc2)nc2c(NC3CCN(C(=O)C45CC(C4)C5)C3)ncnc21. The van der Waals surface area contributed by atoms with Gasteiger partial charge in [0.1, 0.15) is 18.0 Å². The summed E-state index contributed by atoms with van der Waals surface area (Å²) in [5.41, 5.74) is 2.37. The highest BCUT2D eigenvalue weighted by molar-refractivity contribution is 5.87. The average molecular weight is 419 g/mol. The lowest BCUT2D eigenvalue weighted by Crippen LogP contribution is -2.60. The van der Waals surface area contributed by atoms with E-state index in [9.17, 15) is 4.79 Å². The van der Waals surface area contributed by atoms with Gasteiger partial charge in [0.25, 0.3) is 0 Å². The molecule has 1 unspecified atom stereocenters. The number of anilines is 1. The van der Waals surface area contributed by atoms with Gasteiger partial charge in [-0.25, -0.2) is 24.9 Å². The Morgan fingerprint density at radius 1 is 1.19 bits per heavy atom. The summed E-state index contributed by atoms with van der Waals surface area (Å²) in [6.45, 7) is 6.20. The van der Waals surface area contributed by atoms with Crippen molar-refractivity contribution >= 4 is 22.9 Å². The molecule has 31 heavy (non-hydrogen) atoms. The van der Waals surface area contributed by atoms with Gasteiger partial charge in [-0.05, 0) is 45.4 Å². The molecule has 4 aliphatic rings. The van der Waals surface area contributed by atoms with Crippen LogP contribution in [0.2, 0.25) is 0 Å². The van der Waals surface area contributed by atoms with E-state index in [0.29, 0.717) is 5.91 Å². The molecule has 0 spiro atoms. The minimum Gasteiger partial charge on any atom is -0.364 e. The van der Waals surface area contributed by atoms with Crippen LogP contribution in [-0.2, 0) is 11.3 Å². The summed E-state index contributed by atoms with van der Waals surface area (Å²) in [4.78, 5) is 37.4. The van der Waals surface area contributed by atoms with Gasteiger partial charge in [-0.3, -0.25) is 4.79 Å². The topological polar surface area (TPSA) is 102 Å². The fraction of sp³-hybridized carbons (Fsp3) is 0.545. The zero-order valence-corrected chi connectivity index (χ0v) is 17.9. The van der Waals surface area contributed by atoms with E-state index in [1.165, 1.54) is 0 Å². The number of aromatic nitrogens is 6. The van der Waals surface area contributed by atoms with Crippen LogP contribution in [0.3, 0.4) is 0 Å². The second kappa shape index (κ2) is 6.70. The quantitative estimate of drug-likeness (QED) is 0.679. The Kier molecular flexibility index (Phi) is 4.03. The molecule has 1 aliphatic heterocycles. The summed E-state index contributed by atoms with van der Waals surface area (Å²) < 4.78 is 2.06. The zero-order chi connectivity index (χ0) is 21.2. The molecule has 2 bridgehead atoms. The highest BCUT2D eigenvalue weighted by Gasteiger charge is 2.62. The molecule has 9 heteroatoms. The monoisotopic (exact) mass is 418 g/mol. The van der Waals surface area contributed by atoms with Gasteiger partial charge in [-0.1, -0.05) is 0 Å². The summed E-state index contributed by atoms with van der Waals surface area (Å²) in [6, 6.07) is 0.173. The second-order valence-corrected chi connectivity index (χ2v) is 9.23. The van der Waals surface area contributed by atoms with Gasteiger partial charge in [0.15, 0.2) is 17.0 Å². The molecule has 1 amide bonds. The van der Waals surface area contributed by atoms with Crippen LogP contribution in [0, 0.1) is 18.3 Å². The average Bonchev–Trinajstić information content (AvgIpc) is 3.31. The molecule has 1 atom stereocenters. The number of rotatable bonds is 5. The maximum Gasteiger partial charge on any atom is 0.228 e. The van der Waals surface area contributed by atoms with Crippen LogP contribution < -0.4 is 5.32 Å². The van der Waals surface area contributed by atoms with Crippen molar-refractivity contribution in [1.29, 1.82) is 0 Å². The molecule has 1 saturated heterocycles. The lowest BCUT2D eigenvalue weighted by Gasteiger charge is -2.61. The molecule has 3 aliphatic carbocycles. The van der Waals surface area contributed by atoms with Gasteiger partial charge in [0.2, 0.25) is 5.91 Å². The zero-order valence-electron chi connectivity index (χ0n) is 17.9. The molecule has 0 radical (unpaired) electrons. The Hall–Kier alpha value is -3.10. The lowest BCUT2D eigenvalue weighted by molar-refractivity contribution is -0.175. The van der Waals surface area contributed by atoms with Crippen molar-refractivity contribution in [3.05, 3.63) is 24.5 Å². The highest BCUT2D eigenvalue weighted by Crippen LogP contribution is 2.65. The number of imidazole rings is 1. The molecule has 3 saturated carbocycles. The second-order valence-electron chi connectivity index (χ2n) is 9.23. The first-order valence-electron chi connectivity index (χ1n) is 11.1. The van der Waals surface area contributed by atoms with Crippen molar-refractivity contribution in [3.63, 3.8) is 0 Å². The van der Waals surface area contributed by atoms with E-state index < -0.39 is 0 Å². The van der Waals surface area contributed by atoms with Gasteiger partial charge in [0, 0.05) is 38.1 Å². The van der Waals surface area contributed by atoms with Crippen LogP contribution in [0.15, 0.2) is 18.7 Å². The van der Waals surface area contributed by atoms with Crippen molar-refractivity contribution in [2.24, 2.45) is 11.3 Å². The van der Waals surface area contributed by atoms with Gasteiger partial charge in [-0.2, -0.15) is 0 Å². The van der Waals surface area contributed by atoms with Crippen molar-refractivity contribution in [2.45, 2.75) is 52.1 Å². The Balaban J connectivity index is 1.26. The van der Waals surface area contributed by atoms with Crippen LogP contribution in [-0.4, -0.2) is 59.4 Å². The van der Waals surface area contributed by atoms with Crippen LogP contribution >= 0.6 is 0 Å². The molecule has 9 nitrogen and oxygen atoms in total. The van der Waals surface area contributed by atoms with Gasteiger partial charge < -0.3 is 14.8 Å². The van der Waals surface area contributed by atoms with E-state index in [2.05, 4.69) is 36.7 Å². The Morgan fingerprint density at radius 3 is 2.65 bits per heavy atom. The molecular formula is C22H26N8O. The number of fused-ring (bicyclic) bond motifs is 1. The van der Waals surface area contributed by atoms with E-state index in [4.69, 9.17) is 4.98 Å². The third-order valence-corrected chi connectivity index (χ3v) is 7.20. The summed E-state index contributed by atoms with van der Waals surface area (Å²) >= 11 is 0. The van der Waals surface area contributed by atoms with Gasteiger partial charge in [-0.15, -0.1) is 0 Å². The first kappa shape index (κ1) is 18.7. The summed E-state index contributed by atoms with van der Waals surface area (Å²) in [5.74, 6) is 3.41. The number of hydrogen-bond acceptors (Lipinski definition) is 7. The smallest absolute Gasteiger partial charge is 0.228 e. The summed E-state index contributed by atoms with van der Waals surface area (Å²) in [7, 11) is 0. The molecule has 7 rings (SSSR count). The predicted molar refractivity (Wildman–Crippen MR) is 115 cm³/mol. The van der Waals surface area contributed by atoms with Crippen molar-refractivity contribution in [2.75, 3.05) is 18.4 Å². The molecule has 4 fully saturated rings. The van der Waals surface area contributed by atoms with Crippen LogP contribution in [0.25, 0.3) is 22.6 Å². The van der Waals surface area contributed by atoms with Gasteiger partial charge >= 0.3 is 0 Å². The Morgan fingerprint density at radius 2 is 1.97 bits per heavy atom. The lowest BCUT2D eigenvalue weighted by atomic mass is 9.44. The molecule has 3 aromatic heterocycles. The van der Waals surface area contributed by atoms with E-state index in [1.807, 2.05) is 11.8 Å². The molecule has 4 heterocycles. The minimum absolute atomic E-state index is 0.00729. The largest absolute Gasteiger partial charge is 0.364 e. The molecular weight excluding hydrogens is 392 g/mol. The van der Waals surface area contributed by atoms with Crippen LogP contribution in [0.5, 0.6) is 0 Å². The number of aryl methyl sites for hydroxylation is 2. The first-order valence-corrected chi connectivity index (χ1v) is 11.1. The Labute approximate surface area is 180 Å². The summed E-state index contributed by atoms with van der Waals surface area (Å²) in [6.07, 6.45) is 9.40. The van der Waals surface area contributed by atoms with E-state index in [0.717, 1.165) is 85.4 Å². The Bertz CT molecular complexity index is 1150. The fourth-order valence-corrected chi connectivity index (χ4v) is 5.40. The van der Waals surface area contributed by atoms with Crippen LogP contribution in [0.1, 0.15) is 38.4 Å². The van der Waals surface area contributed by atoms with E-state index in [-0.39, 0.29) is 11.5 Å². The third kappa shape index (κ3) is 2.82. The number of nitrogens with zero attached hydrogens (tertiary/aromatic N) is 7. The highest BCUT2D eigenvalue weighted by atomic mass is 16.2. The number of carbonyl (C=O) groups is 1. The predicted octanol–water partition coefficient (Wildman–Crippen LogP) is 2.42. The number of likely N-dealkylation sites (tertiary alicyclic amines) is 1. The van der Waals surface area contributed by atoms with E-state index in [1.54, 1.807) is 18.7 Å². The molecule has 0 aromatic carbocycles. The number of nitrogens with one attached hydrogen (secondary N) is 1. The maximum absolute atomic E-state index is 12.9. The summed E-state index contributed by atoms with van der Waals surface area (Å²) in [5, 5.41) is 3.54. The normalized spacial score (nSPS) is 26.6. The van der Waals surface area contributed by atoms with Gasteiger partial charge in [0.05, 0.1) is 11.0 Å². The molecule has 3 aromatic rings. The number of hydrogen-bond donors (Lipinski definition) is 1.